The molecule has 1 N–H and O–H groups in total. The Labute approximate surface area is 204 Å². The Balaban J connectivity index is 2.11. The molecule has 10 heteroatoms. The van der Waals surface area contributed by atoms with Gasteiger partial charge in [-0.15, -0.1) is 5.10 Å². The molecule has 196 valence electrons. The lowest BCUT2D eigenvalue weighted by Crippen LogP contribution is -2.29. The van der Waals surface area contributed by atoms with Crippen molar-refractivity contribution in [2.75, 3.05) is 39.6 Å². The monoisotopic (exact) mass is 484 g/mol. The molecule has 0 saturated heterocycles. The SMILES string of the molecule is CCC(C)(C)CCOCCOC(=O)NCc1cn(CCOCCOC(=O)C(C)(CC)CC)nn1. The van der Waals surface area contributed by atoms with Crippen LogP contribution in [0.4, 0.5) is 4.79 Å². The fourth-order valence-electron chi connectivity index (χ4n) is 2.73. The van der Waals surface area contributed by atoms with Gasteiger partial charge in [0.15, 0.2) is 0 Å². The van der Waals surface area contributed by atoms with Crippen molar-refractivity contribution in [1.29, 1.82) is 0 Å². The van der Waals surface area contributed by atoms with Gasteiger partial charge in [0.2, 0.25) is 0 Å². The largest absolute Gasteiger partial charge is 0.463 e. The van der Waals surface area contributed by atoms with Crippen molar-refractivity contribution in [3.8, 4) is 0 Å². The highest BCUT2D eigenvalue weighted by molar-refractivity contribution is 5.76. The van der Waals surface area contributed by atoms with Gasteiger partial charge < -0.3 is 24.3 Å². The summed E-state index contributed by atoms with van der Waals surface area (Å²) in [6.45, 7) is 15.4. The molecule has 0 saturated carbocycles. The molecule has 0 aliphatic carbocycles. The molecule has 0 fully saturated rings. The first-order valence-electron chi connectivity index (χ1n) is 12.3. The molecule has 0 atom stereocenters. The third-order valence-corrected chi connectivity index (χ3v) is 6.32. The van der Waals surface area contributed by atoms with Crippen LogP contribution in [0, 0.1) is 10.8 Å². The number of hydrogen-bond acceptors (Lipinski definition) is 8. The summed E-state index contributed by atoms with van der Waals surface area (Å²) in [5.74, 6) is -0.184. The van der Waals surface area contributed by atoms with Crippen molar-refractivity contribution in [2.45, 2.75) is 80.3 Å². The number of esters is 1. The third-order valence-electron chi connectivity index (χ3n) is 6.32. The van der Waals surface area contributed by atoms with Gasteiger partial charge in [-0.05, 0) is 31.6 Å². The number of aromatic nitrogens is 3. The minimum Gasteiger partial charge on any atom is -0.463 e. The second kappa shape index (κ2) is 15.7. The number of ether oxygens (including phenoxy) is 4. The minimum atomic E-state index is -0.521. The Hall–Kier alpha value is -2.20. The zero-order chi connectivity index (χ0) is 25.5. The van der Waals surface area contributed by atoms with Crippen molar-refractivity contribution < 1.29 is 28.5 Å². The van der Waals surface area contributed by atoms with Crippen LogP contribution in [0.3, 0.4) is 0 Å². The predicted octanol–water partition coefficient (Wildman–Crippen LogP) is 3.73. The lowest BCUT2D eigenvalue weighted by molar-refractivity contribution is -0.157. The van der Waals surface area contributed by atoms with Gasteiger partial charge in [0.1, 0.15) is 18.9 Å². The van der Waals surface area contributed by atoms with E-state index >= 15 is 0 Å². The number of nitrogens with zero attached hydrogens (tertiary/aromatic N) is 3. The third kappa shape index (κ3) is 11.8. The molecule has 0 bridgehead atoms. The van der Waals surface area contributed by atoms with E-state index in [1.807, 2.05) is 20.8 Å². The minimum absolute atomic E-state index is 0.184. The van der Waals surface area contributed by atoms with E-state index in [1.54, 1.807) is 10.9 Å². The Morgan fingerprint density at radius 3 is 2.21 bits per heavy atom. The second-order valence-electron chi connectivity index (χ2n) is 9.36. The molecule has 0 aliphatic rings. The van der Waals surface area contributed by atoms with E-state index in [-0.39, 0.29) is 31.1 Å². The average molecular weight is 485 g/mol. The quantitative estimate of drug-likeness (QED) is 0.248. The van der Waals surface area contributed by atoms with Crippen molar-refractivity contribution in [2.24, 2.45) is 10.8 Å². The van der Waals surface area contributed by atoms with Crippen LogP contribution in [-0.4, -0.2) is 66.7 Å². The van der Waals surface area contributed by atoms with Gasteiger partial charge in [-0.2, -0.15) is 0 Å². The maximum Gasteiger partial charge on any atom is 0.407 e. The zero-order valence-electron chi connectivity index (χ0n) is 21.9. The summed E-state index contributed by atoms with van der Waals surface area (Å²) in [6, 6.07) is 0. The van der Waals surface area contributed by atoms with E-state index in [2.05, 4.69) is 36.4 Å². The first-order chi connectivity index (χ1) is 16.2. The summed E-state index contributed by atoms with van der Waals surface area (Å²) in [5.41, 5.74) is 0.446. The Morgan fingerprint density at radius 1 is 0.912 bits per heavy atom. The maximum atomic E-state index is 12.1. The topological polar surface area (TPSA) is 114 Å². The first kappa shape index (κ1) is 29.8. The molecule has 0 radical (unpaired) electrons. The summed E-state index contributed by atoms with van der Waals surface area (Å²) < 4.78 is 23.1. The highest BCUT2D eigenvalue weighted by Crippen LogP contribution is 2.26. The predicted molar refractivity (Wildman–Crippen MR) is 128 cm³/mol. The van der Waals surface area contributed by atoms with E-state index < -0.39 is 11.5 Å². The van der Waals surface area contributed by atoms with E-state index in [0.29, 0.717) is 38.7 Å². The number of carbonyl (C=O) groups is 2. The molecule has 1 aromatic heterocycles. The van der Waals surface area contributed by atoms with Gasteiger partial charge in [0.25, 0.3) is 0 Å². The molecular weight excluding hydrogens is 440 g/mol. The number of alkyl carbamates (subject to hydrolysis) is 1. The summed E-state index contributed by atoms with van der Waals surface area (Å²) >= 11 is 0. The van der Waals surface area contributed by atoms with E-state index in [9.17, 15) is 9.59 Å². The normalized spacial score (nSPS) is 11.9. The van der Waals surface area contributed by atoms with Crippen LogP contribution in [0.15, 0.2) is 6.20 Å². The van der Waals surface area contributed by atoms with Crippen LogP contribution in [0.25, 0.3) is 0 Å². The molecule has 10 nitrogen and oxygen atoms in total. The zero-order valence-corrected chi connectivity index (χ0v) is 21.9. The molecule has 1 heterocycles. The van der Waals surface area contributed by atoms with Crippen LogP contribution in [0.1, 0.15) is 72.9 Å². The van der Waals surface area contributed by atoms with Gasteiger partial charge in [-0.1, -0.05) is 46.3 Å². The fourth-order valence-corrected chi connectivity index (χ4v) is 2.73. The molecule has 1 aromatic rings. The lowest BCUT2D eigenvalue weighted by Gasteiger charge is -2.23. The van der Waals surface area contributed by atoms with Crippen LogP contribution >= 0.6 is 0 Å². The molecule has 0 spiro atoms. The molecule has 0 unspecified atom stereocenters. The summed E-state index contributed by atoms with van der Waals surface area (Å²) in [7, 11) is 0. The summed E-state index contributed by atoms with van der Waals surface area (Å²) in [5, 5.41) is 10.7. The van der Waals surface area contributed by atoms with Crippen molar-refractivity contribution >= 4 is 12.1 Å². The lowest BCUT2D eigenvalue weighted by atomic mass is 9.85. The van der Waals surface area contributed by atoms with E-state index in [1.165, 1.54) is 0 Å². The Bertz CT molecular complexity index is 718. The Kier molecular flexibility index (Phi) is 13.7. The highest BCUT2D eigenvalue weighted by atomic mass is 16.6. The van der Waals surface area contributed by atoms with E-state index in [4.69, 9.17) is 18.9 Å². The van der Waals surface area contributed by atoms with Crippen molar-refractivity contribution in [3.63, 3.8) is 0 Å². The van der Waals surface area contributed by atoms with Crippen LogP contribution in [-0.2, 0) is 36.8 Å². The first-order valence-corrected chi connectivity index (χ1v) is 12.3. The van der Waals surface area contributed by atoms with E-state index in [0.717, 1.165) is 25.7 Å². The van der Waals surface area contributed by atoms with Crippen LogP contribution < -0.4 is 5.32 Å². The summed E-state index contributed by atoms with van der Waals surface area (Å²) in [6.07, 6.45) is 4.78. The Morgan fingerprint density at radius 2 is 1.56 bits per heavy atom. The molecular formula is C24H44N4O6. The second-order valence-corrected chi connectivity index (χ2v) is 9.36. The average Bonchev–Trinajstić information content (AvgIpc) is 3.29. The molecule has 1 rings (SSSR count). The van der Waals surface area contributed by atoms with Gasteiger partial charge in [0.05, 0.1) is 44.5 Å². The number of carbonyl (C=O) groups excluding carboxylic acids is 2. The standard InChI is InChI=1S/C24H44N4O6/c1-7-23(4,5)10-12-31-15-17-34-22(30)25-18-20-19-28(27-26-20)11-13-32-14-16-33-21(29)24(6,8-2)9-3/h19H,7-18H2,1-6H3,(H,25,30). The number of nitrogens with one attached hydrogen (secondary N) is 1. The van der Waals surface area contributed by atoms with Gasteiger partial charge in [-0.25, -0.2) is 9.48 Å². The van der Waals surface area contributed by atoms with Crippen LogP contribution in [0.5, 0.6) is 0 Å². The number of amides is 1. The molecule has 34 heavy (non-hydrogen) atoms. The number of hydrogen-bond donors (Lipinski definition) is 1. The molecule has 1 amide bonds. The van der Waals surface area contributed by atoms with Gasteiger partial charge in [-0.3, -0.25) is 4.79 Å². The van der Waals surface area contributed by atoms with Gasteiger partial charge in [0, 0.05) is 6.61 Å². The smallest absolute Gasteiger partial charge is 0.407 e. The van der Waals surface area contributed by atoms with Crippen molar-refractivity contribution in [3.05, 3.63) is 11.9 Å². The molecule has 0 aliphatic heterocycles. The summed E-state index contributed by atoms with van der Waals surface area (Å²) in [4.78, 5) is 23.9. The fraction of sp³-hybridized carbons (Fsp3) is 0.833. The van der Waals surface area contributed by atoms with Crippen LogP contribution in [0.2, 0.25) is 0 Å². The van der Waals surface area contributed by atoms with Crippen molar-refractivity contribution in [1.82, 2.24) is 20.3 Å². The van der Waals surface area contributed by atoms with Gasteiger partial charge >= 0.3 is 12.1 Å². The molecule has 0 aromatic carbocycles. The highest BCUT2D eigenvalue weighted by Gasteiger charge is 2.30. The number of rotatable bonds is 18. The maximum absolute atomic E-state index is 12.1.